The number of hydrogen-bond acceptors (Lipinski definition) is 2. The molecule has 0 aromatic carbocycles. The molecule has 0 saturated carbocycles. The van der Waals surface area contributed by atoms with Crippen LogP contribution in [-0.2, 0) is 0 Å². The van der Waals surface area contributed by atoms with Crippen LogP contribution in [-0.4, -0.2) is 52.7 Å². The predicted octanol–water partition coefficient (Wildman–Crippen LogP) is 1.44. The maximum absolute atomic E-state index is 12.1. The Morgan fingerprint density at radius 3 is 2.19 bits per heavy atom. The molecule has 0 spiro atoms. The minimum atomic E-state index is -0.610. The van der Waals surface area contributed by atoms with Gasteiger partial charge in [0.15, 0.2) is 0 Å². The number of carbonyl (C=O) groups is 1. The van der Waals surface area contributed by atoms with Crippen molar-refractivity contribution in [2.45, 2.75) is 44.6 Å². The molecular formula is C12H22N2O2. The maximum Gasteiger partial charge on any atom is 0.320 e. The van der Waals surface area contributed by atoms with E-state index in [9.17, 15) is 9.90 Å². The van der Waals surface area contributed by atoms with Gasteiger partial charge in [-0.3, -0.25) is 0 Å². The van der Waals surface area contributed by atoms with Gasteiger partial charge in [0.05, 0.1) is 18.7 Å². The fourth-order valence-corrected chi connectivity index (χ4v) is 2.49. The van der Waals surface area contributed by atoms with Gasteiger partial charge in [-0.2, -0.15) is 0 Å². The third kappa shape index (κ3) is 2.32. The molecular weight excluding hydrogens is 204 g/mol. The minimum Gasteiger partial charge on any atom is -0.386 e. The van der Waals surface area contributed by atoms with E-state index in [2.05, 4.69) is 0 Å². The van der Waals surface area contributed by atoms with Crippen molar-refractivity contribution in [2.24, 2.45) is 0 Å². The lowest BCUT2D eigenvalue weighted by molar-refractivity contribution is -0.0828. The average Bonchev–Trinajstić information content (AvgIpc) is 2.52. The van der Waals surface area contributed by atoms with E-state index < -0.39 is 5.60 Å². The van der Waals surface area contributed by atoms with E-state index in [1.54, 1.807) is 4.90 Å². The summed E-state index contributed by atoms with van der Waals surface area (Å²) in [6.07, 6.45) is 5.46. The molecule has 0 bridgehead atoms. The van der Waals surface area contributed by atoms with Crippen molar-refractivity contribution < 1.29 is 9.90 Å². The van der Waals surface area contributed by atoms with Gasteiger partial charge in [0.1, 0.15) is 0 Å². The Morgan fingerprint density at radius 1 is 1.12 bits per heavy atom. The molecule has 4 nitrogen and oxygen atoms in total. The first-order valence-electron chi connectivity index (χ1n) is 6.41. The molecule has 2 heterocycles. The zero-order valence-electron chi connectivity index (χ0n) is 10.1. The molecule has 4 heteroatoms. The zero-order chi connectivity index (χ0) is 11.6. The highest BCUT2D eigenvalue weighted by atomic mass is 16.3. The normalized spacial score (nSPS) is 24.9. The van der Waals surface area contributed by atoms with Crippen molar-refractivity contribution in [3.05, 3.63) is 0 Å². The van der Waals surface area contributed by atoms with E-state index in [0.717, 1.165) is 32.4 Å². The van der Waals surface area contributed by atoms with Crippen LogP contribution in [0.25, 0.3) is 0 Å². The second kappa shape index (κ2) is 4.62. The molecule has 2 aliphatic rings. The van der Waals surface area contributed by atoms with Crippen LogP contribution in [0.1, 0.15) is 39.0 Å². The number of amides is 2. The molecule has 0 unspecified atom stereocenters. The van der Waals surface area contributed by atoms with Crippen molar-refractivity contribution in [3.8, 4) is 0 Å². The predicted molar refractivity (Wildman–Crippen MR) is 62.3 cm³/mol. The van der Waals surface area contributed by atoms with E-state index in [-0.39, 0.29) is 6.03 Å². The van der Waals surface area contributed by atoms with Gasteiger partial charge < -0.3 is 14.9 Å². The molecule has 2 rings (SSSR count). The molecule has 2 amide bonds. The molecule has 0 aromatic heterocycles. The van der Waals surface area contributed by atoms with Crippen LogP contribution in [0.3, 0.4) is 0 Å². The van der Waals surface area contributed by atoms with Crippen LogP contribution in [0.4, 0.5) is 4.79 Å². The van der Waals surface area contributed by atoms with Crippen LogP contribution in [0, 0.1) is 0 Å². The van der Waals surface area contributed by atoms with Gasteiger partial charge in [-0.25, -0.2) is 4.79 Å². The van der Waals surface area contributed by atoms with E-state index in [1.807, 2.05) is 11.8 Å². The Labute approximate surface area is 97.2 Å². The van der Waals surface area contributed by atoms with E-state index in [0.29, 0.717) is 13.1 Å². The number of likely N-dealkylation sites (tertiary alicyclic amines) is 2. The summed E-state index contributed by atoms with van der Waals surface area (Å²) < 4.78 is 0. The number of aliphatic hydroxyl groups is 1. The highest BCUT2D eigenvalue weighted by molar-refractivity contribution is 5.75. The Kier molecular flexibility index (Phi) is 3.38. The van der Waals surface area contributed by atoms with E-state index in [4.69, 9.17) is 0 Å². The van der Waals surface area contributed by atoms with Gasteiger partial charge in [0.25, 0.3) is 0 Å². The summed E-state index contributed by atoms with van der Waals surface area (Å²) in [6, 6.07) is 0.125. The van der Waals surface area contributed by atoms with Gasteiger partial charge in [-0.1, -0.05) is 19.8 Å². The van der Waals surface area contributed by atoms with Crippen LogP contribution in [0.2, 0.25) is 0 Å². The summed E-state index contributed by atoms with van der Waals surface area (Å²) in [4.78, 5) is 15.8. The SMILES string of the molecule is CCC1(O)CN(C(=O)N2CCCCCC2)C1. The summed E-state index contributed by atoms with van der Waals surface area (Å²) in [5.41, 5.74) is -0.610. The lowest BCUT2D eigenvalue weighted by atomic mass is 9.92. The minimum absolute atomic E-state index is 0.125. The highest BCUT2D eigenvalue weighted by Crippen LogP contribution is 2.25. The third-order valence-corrected chi connectivity index (χ3v) is 3.78. The largest absolute Gasteiger partial charge is 0.386 e. The summed E-state index contributed by atoms with van der Waals surface area (Å²) in [5.74, 6) is 0. The van der Waals surface area contributed by atoms with Crippen LogP contribution >= 0.6 is 0 Å². The fourth-order valence-electron chi connectivity index (χ4n) is 2.49. The Balaban J connectivity index is 1.84. The van der Waals surface area contributed by atoms with Crippen LogP contribution in [0.5, 0.6) is 0 Å². The molecule has 16 heavy (non-hydrogen) atoms. The average molecular weight is 226 g/mol. The molecule has 0 aromatic rings. The van der Waals surface area contributed by atoms with Crippen molar-refractivity contribution in [1.29, 1.82) is 0 Å². The zero-order valence-corrected chi connectivity index (χ0v) is 10.1. The van der Waals surface area contributed by atoms with Gasteiger partial charge in [0, 0.05) is 13.1 Å². The molecule has 2 aliphatic heterocycles. The molecule has 2 fully saturated rings. The highest BCUT2D eigenvalue weighted by Gasteiger charge is 2.43. The topological polar surface area (TPSA) is 43.8 Å². The molecule has 1 N–H and O–H groups in total. The summed E-state index contributed by atoms with van der Waals surface area (Å²) >= 11 is 0. The van der Waals surface area contributed by atoms with Gasteiger partial charge in [-0.05, 0) is 19.3 Å². The molecule has 0 aliphatic carbocycles. The Bertz CT molecular complexity index is 254. The van der Waals surface area contributed by atoms with E-state index >= 15 is 0 Å². The summed E-state index contributed by atoms with van der Waals surface area (Å²) in [6.45, 7) is 4.77. The van der Waals surface area contributed by atoms with Crippen LogP contribution < -0.4 is 0 Å². The van der Waals surface area contributed by atoms with Crippen molar-refractivity contribution in [2.75, 3.05) is 26.2 Å². The Hall–Kier alpha value is -0.770. The molecule has 0 radical (unpaired) electrons. The number of β-amino-alcohol motifs (C(OH)–C–C–N with tert-alkyl or cyclic N) is 1. The second-order valence-electron chi connectivity index (χ2n) is 5.12. The second-order valence-corrected chi connectivity index (χ2v) is 5.12. The number of carbonyl (C=O) groups excluding carboxylic acids is 1. The maximum atomic E-state index is 12.1. The van der Waals surface area contributed by atoms with Crippen LogP contribution in [0.15, 0.2) is 0 Å². The summed E-state index contributed by atoms with van der Waals surface area (Å²) in [7, 11) is 0. The van der Waals surface area contributed by atoms with Crippen molar-refractivity contribution in [3.63, 3.8) is 0 Å². The first-order chi connectivity index (χ1) is 7.64. The van der Waals surface area contributed by atoms with Crippen molar-refractivity contribution >= 4 is 6.03 Å². The Morgan fingerprint density at radius 2 is 1.69 bits per heavy atom. The van der Waals surface area contributed by atoms with Gasteiger partial charge in [0.2, 0.25) is 0 Å². The molecule has 2 saturated heterocycles. The quantitative estimate of drug-likeness (QED) is 0.735. The van der Waals surface area contributed by atoms with Gasteiger partial charge in [-0.15, -0.1) is 0 Å². The monoisotopic (exact) mass is 226 g/mol. The first-order valence-corrected chi connectivity index (χ1v) is 6.41. The summed E-state index contributed by atoms with van der Waals surface area (Å²) in [5, 5.41) is 9.88. The van der Waals surface area contributed by atoms with E-state index in [1.165, 1.54) is 12.8 Å². The van der Waals surface area contributed by atoms with Crippen molar-refractivity contribution in [1.82, 2.24) is 9.80 Å². The first kappa shape index (κ1) is 11.7. The fraction of sp³-hybridized carbons (Fsp3) is 0.917. The number of rotatable bonds is 1. The number of urea groups is 1. The smallest absolute Gasteiger partial charge is 0.320 e. The standard InChI is InChI=1S/C12H22N2O2/c1-2-12(16)9-14(10-12)11(15)13-7-5-3-4-6-8-13/h16H,2-10H2,1H3. The molecule has 92 valence electrons. The van der Waals surface area contributed by atoms with Gasteiger partial charge >= 0.3 is 6.03 Å². The number of hydrogen-bond donors (Lipinski definition) is 1. The number of nitrogens with zero attached hydrogens (tertiary/aromatic N) is 2. The molecule has 0 atom stereocenters. The third-order valence-electron chi connectivity index (χ3n) is 3.78. The lowest BCUT2D eigenvalue weighted by Crippen LogP contribution is -2.65. The lowest BCUT2D eigenvalue weighted by Gasteiger charge is -2.47.